The highest BCUT2D eigenvalue weighted by atomic mass is 16.4. The highest BCUT2D eigenvalue weighted by molar-refractivity contribution is 6.14. The molecule has 1 aliphatic rings. The topological polar surface area (TPSA) is 37.3 Å². The van der Waals surface area contributed by atoms with Crippen LogP contribution in [0, 0.1) is 5.92 Å². The van der Waals surface area contributed by atoms with Gasteiger partial charge in [-0.1, -0.05) is 38.1 Å². The number of fused-ring (bicyclic) bond motifs is 1. The Morgan fingerprint density at radius 3 is 2.75 bits per heavy atom. The SMILES string of the molecule is C=C(C(=O)O)c1ccc2c(c1)C[C@@H](CC)C2. The summed E-state index contributed by atoms with van der Waals surface area (Å²) in [6.45, 7) is 5.79. The normalized spacial score (nSPS) is 18.2. The molecule has 1 atom stereocenters. The molecule has 1 N–H and O–H groups in total. The standard InChI is InChI=1S/C14H16O2/c1-3-10-6-12-5-4-11(8-13(12)7-10)9(2)14(15)16/h4-5,8,10H,2-3,6-7H2,1H3,(H,15,16)/t10-/m0/s1. The summed E-state index contributed by atoms with van der Waals surface area (Å²) in [6, 6.07) is 5.91. The van der Waals surface area contributed by atoms with E-state index in [-0.39, 0.29) is 5.57 Å². The fraction of sp³-hybridized carbons (Fsp3) is 0.357. The quantitative estimate of drug-likeness (QED) is 0.789. The number of hydrogen-bond donors (Lipinski definition) is 1. The maximum Gasteiger partial charge on any atom is 0.335 e. The van der Waals surface area contributed by atoms with Crippen molar-refractivity contribution in [2.24, 2.45) is 5.92 Å². The minimum Gasteiger partial charge on any atom is -0.478 e. The zero-order chi connectivity index (χ0) is 11.7. The highest BCUT2D eigenvalue weighted by Crippen LogP contribution is 2.30. The average molecular weight is 216 g/mol. The van der Waals surface area contributed by atoms with Crippen molar-refractivity contribution in [2.75, 3.05) is 0 Å². The summed E-state index contributed by atoms with van der Waals surface area (Å²) in [6.07, 6.45) is 3.39. The van der Waals surface area contributed by atoms with E-state index in [4.69, 9.17) is 5.11 Å². The molecule has 0 bridgehead atoms. The molecule has 0 heterocycles. The van der Waals surface area contributed by atoms with Gasteiger partial charge in [0.05, 0.1) is 5.57 Å². The van der Waals surface area contributed by atoms with Crippen LogP contribution in [0.15, 0.2) is 24.8 Å². The van der Waals surface area contributed by atoms with Crippen LogP contribution < -0.4 is 0 Å². The lowest BCUT2D eigenvalue weighted by atomic mass is 10.0. The molecule has 0 fully saturated rings. The van der Waals surface area contributed by atoms with Crippen LogP contribution in [-0.4, -0.2) is 11.1 Å². The smallest absolute Gasteiger partial charge is 0.335 e. The molecule has 0 aliphatic heterocycles. The molecule has 0 saturated carbocycles. The van der Waals surface area contributed by atoms with E-state index < -0.39 is 5.97 Å². The number of carboxylic acid groups (broad SMARTS) is 1. The lowest BCUT2D eigenvalue weighted by Crippen LogP contribution is -1.98. The number of rotatable bonds is 3. The summed E-state index contributed by atoms with van der Waals surface area (Å²) in [5.41, 5.74) is 3.59. The third-order valence-electron chi connectivity index (χ3n) is 3.41. The second-order valence-corrected chi connectivity index (χ2v) is 4.45. The number of carboxylic acids is 1. The van der Waals surface area contributed by atoms with E-state index in [9.17, 15) is 4.79 Å². The minimum absolute atomic E-state index is 0.183. The molecule has 2 nitrogen and oxygen atoms in total. The molecule has 0 spiro atoms. The minimum atomic E-state index is -0.940. The molecule has 0 amide bonds. The van der Waals surface area contributed by atoms with Crippen LogP contribution in [0.3, 0.4) is 0 Å². The summed E-state index contributed by atoms with van der Waals surface area (Å²) in [4.78, 5) is 10.8. The van der Waals surface area contributed by atoms with E-state index in [1.54, 1.807) is 0 Å². The zero-order valence-electron chi connectivity index (χ0n) is 9.49. The fourth-order valence-corrected chi connectivity index (χ4v) is 2.31. The highest BCUT2D eigenvalue weighted by Gasteiger charge is 2.20. The predicted octanol–water partition coefficient (Wildman–Crippen LogP) is 2.91. The molecule has 0 radical (unpaired) electrons. The number of benzene rings is 1. The summed E-state index contributed by atoms with van der Waals surface area (Å²) in [7, 11) is 0. The van der Waals surface area contributed by atoms with Gasteiger partial charge in [0.25, 0.3) is 0 Å². The van der Waals surface area contributed by atoms with Gasteiger partial charge in [-0.15, -0.1) is 0 Å². The summed E-state index contributed by atoms with van der Waals surface area (Å²) >= 11 is 0. The van der Waals surface area contributed by atoms with Gasteiger partial charge in [-0.05, 0) is 35.4 Å². The van der Waals surface area contributed by atoms with Crippen LogP contribution in [0.2, 0.25) is 0 Å². The van der Waals surface area contributed by atoms with Crippen molar-refractivity contribution in [3.05, 3.63) is 41.5 Å². The van der Waals surface area contributed by atoms with E-state index in [1.165, 1.54) is 17.5 Å². The molecule has 2 heteroatoms. The van der Waals surface area contributed by atoms with E-state index in [2.05, 4.69) is 19.6 Å². The van der Waals surface area contributed by atoms with Crippen molar-refractivity contribution in [3.63, 3.8) is 0 Å². The fourth-order valence-electron chi connectivity index (χ4n) is 2.31. The molecule has 16 heavy (non-hydrogen) atoms. The van der Waals surface area contributed by atoms with Crippen LogP contribution in [0.5, 0.6) is 0 Å². The lowest BCUT2D eigenvalue weighted by molar-refractivity contribution is -0.130. The van der Waals surface area contributed by atoms with Gasteiger partial charge in [0, 0.05) is 0 Å². The Labute approximate surface area is 95.6 Å². The Kier molecular flexibility index (Phi) is 2.82. The van der Waals surface area contributed by atoms with E-state index in [0.717, 1.165) is 24.3 Å². The van der Waals surface area contributed by atoms with Crippen molar-refractivity contribution in [1.82, 2.24) is 0 Å². The maximum atomic E-state index is 10.8. The predicted molar refractivity (Wildman–Crippen MR) is 64.3 cm³/mol. The van der Waals surface area contributed by atoms with E-state index in [1.807, 2.05) is 12.1 Å². The summed E-state index contributed by atoms with van der Waals surface area (Å²) in [5.74, 6) is -0.215. The first kappa shape index (κ1) is 10.9. The molecule has 0 unspecified atom stereocenters. The van der Waals surface area contributed by atoms with Gasteiger partial charge in [0.15, 0.2) is 0 Å². The van der Waals surface area contributed by atoms with Gasteiger partial charge in [-0.25, -0.2) is 4.79 Å². The second kappa shape index (κ2) is 4.12. The van der Waals surface area contributed by atoms with Crippen LogP contribution in [-0.2, 0) is 17.6 Å². The Morgan fingerprint density at radius 2 is 2.12 bits per heavy atom. The molecule has 84 valence electrons. The monoisotopic (exact) mass is 216 g/mol. The third kappa shape index (κ3) is 1.87. The lowest BCUT2D eigenvalue weighted by Gasteiger charge is -2.04. The average Bonchev–Trinajstić information content (AvgIpc) is 2.69. The van der Waals surface area contributed by atoms with Crippen LogP contribution >= 0.6 is 0 Å². The molecular weight excluding hydrogens is 200 g/mol. The van der Waals surface area contributed by atoms with Gasteiger partial charge in [0.2, 0.25) is 0 Å². The molecule has 0 saturated heterocycles. The Morgan fingerprint density at radius 1 is 1.44 bits per heavy atom. The third-order valence-corrected chi connectivity index (χ3v) is 3.41. The first-order valence-electron chi connectivity index (χ1n) is 5.66. The summed E-state index contributed by atoms with van der Waals surface area (Å²) < 4.78 is 0. The number of aliphatic carboxylic acids is 1. The Hall–Kier alpha value is -1.57. The van der Waals surface area contributed by atoms with Crippen LogP contribution in [0.4, 0.5) is 0 Å². The first-order chi connectivity index (χ1) is 7.61. The molecule has 1 aliphatic carbocycles. The maximum absolute atomic E-state index is 10.8. The van der Waals surface area contributed by atoms with Crippen LogP contribution in [0.1, 0.15) is 30.0 Å². The van der Waals surface area contributed by atoms with Crippen molar-refractivity contribution in [3.8, 4) is 0 Å². The molecule has 0 aromatic heterocycles. The van der Waals surface area contributed by atoms with Crippen LogP contribution in [0.25, 0.3) is 5.57 Å². The van der Waals surface area contributed by atoms with Crippen molar-refractivity contribution in [2.45, 2.75) is 26.2 Å². The molecule has 1 aromatic carbocycles. The van der Waals surface area contributed by atoms with Gasteiger partial charge >= 0.3 is 5.97 Å². The number of hydrogen-bond acceptors (Lipinski definition) is 1. The largest absolute Gasteiger partial charge is 0.478 e. The Bertz CT molecular complexity index is 446. The van der Waals surface area contributed by atoms with Crippen molar-refractivity contribution >= 4 is 11.5 Å². The van der Waals surface area contributed by atoms with E-state index in [0.29, 0.717) is 0 Å². The van der Waals surface area contributed by atoms with Gasteiger partial charge < -0.3 is 5.11 Å². The Balaban J connectivity index is 2.29. The van der Waals surface area contributed by atoms with Gasteiger partial charge in [-0.2, -0.15) is 0 Å². The van der Waals surface area contributed by atoms with Gasteiger partial charge in [-0.3, -0.25) is 0 Å². The first-order valence-corrected chi connectivity index (χ1v) is 5.66. The molecule has 2 rings (SSSR count). The van der Waals surface area contributed by atoms with Crippen molar-refractivity contribution < 1.29 is 9.90 Å². The van der Waals surface area contributed by atoms with Crippen molar-refractivity contribution in [1.29, 1.82) is 0 Å². The summed E-state index contributed by atoms with van der Waals surface area (Å²) in [5, 5.41) is 8.88. The molecular formula is C14H16O2. The van der Waals surface area contributed by atoms with Gasteiger partial charge in [0.1, 0.15) is 0 Å². The van der Waals surface area contributed by atoms with E-state index >= 15 is 0 Å². The molecule has 1 aromatic rings. The zero-order valence-corrected chi connectivity index (χ0v) is 9.49. The number of carbonyl (C=O) groups is 1. The second-order valence-electron chi connectivity index (χ2n) is 4.45.